The van der Waals surface area contributed by atoms with Gasteiger partial charge < -0.3 is 11.1 Å². The monoisotopic (exact) mass is 286 g/mol. The number of nitrogens with two attached hydrogens (primary N) is 1. The molecule has 5 unspecified atom stereocenters. The van der Waals surface area contributed by atoms with Crippen LogP contribution in [-0.4, -0.2) is 18.0 Å². The van der Waals surface area contributed by atoms with Crippen LogP contribution in [0.1, 0.15) is 57.8 Å². The molecule has 3 aliphatic carbocycles. The van der Waals surface area contributed by atoms with Crippen LogP contribution in [-0.2, 0) is 4.79 Å². The summed E-state index contributed by atoms with van der Waals surface area (Å²) in [6, 6.07) is 0.737. The van der Waals surface area contributed by atoms with E-state index in [1.54, 1.807) is 0 Å². The van der Waals surface area contributed by atoms with Crippen molar-refractivity contribution in [1.82, 2.24) is 5.32 Å². The minimum absolute atomic E-state index is 0. The normalized spacial score (nSPS) is 40.8. The minimum Gasteiger partial charge on any atom is -0.353 e. The molecule has 0 heterocycles. The van der Waals surface area contributed by atoms with Gasteiger partial charge in [-0.25, -0.2) is 0 Å². The summed E-state index contributed by atoms with van der Waals surface area (Å²) in [4.78, 5) is 12.1. The van der Waals surface area contributed by atoms with Crippen LogP contribution in [0, 0.1) is 17.8 Å². The Labute approximate surface area is 122 Å². The minimum atomic E-state index is 0. The van der Waals surface area contributed by atoms with Gasteiger partial charge in [0.25, 0.3) is 0 Å². The summed E-state index contributed by atoms with van der Waals surface area (Å²) >= 11 is 0. The third-order valence-electron chi connectivity index (χ3n) is 5.50. The summed E-state index contributed by atoms with van der Waals surface area (Å²) in [6.45, 7) is 0. The number of rotatable bonds is 3. The number of carbonyl (C=O) groups excluding carboxylic acids is 1. The Kier molecular flexibility index (Phi) is 5.13. The molecule has 1 amide bonds. The molecule has 19 heavy (non-hydrogen) atoms. The van der Waals surface area contributed by atoms with Crippen molar-refractivity contribution in [3.05, 3.63) is 0 Å². The quantitative estimate of drug-likeness (QED) is 0.838. The second-order valence-corrected chi connectivity index (χ2v) is 6.76. The highest BCUT2D eigenvalue weighted by Crippen LogP contribution is 2.44. The van der Waals surface area contributed by atoms with Crippen molar-refractivity contribution in [3.63, 3.8) is 0 Å². The van der Waals surface area contributed by atoms with Crippen molar-refractivity contribution in [2.24, 2.45) is 23.5 Å². The van der Waals surface area contributed by atoms with E-state index in [-0.39, 0.29) is 24.4 Å². The smallest absolute Gasteiger partial charge is 0.220 e. The predicted molar refractivity (Wildman–Crippen MR) is 79.2 cm³/mol. The van der Waals surface area contributed by atoms with E-state index in [2.05, 4.69) is 5.32 Å². The van der Waals surface area contributed by atoms with Gasteiger partial charge >= 0.3 is 0 Å². The molecule has 5 atom stereocenters. The van der Waals surface area contributed by atoms with E-state index in [9.17, 15) is 4.79 Å². The molecule has 3 N–H and O–H groups in total. The number of hydrogen-bond acceptors (Lipinski definition) is 2. The highest BCUT2D eigenvalue weighted by molar-refractivity contribution is 5.85. The van der Waals surface area contributed by atoms with Crippen molar-refractivity contribution in [3.8, 4) is 0 Å². The molecule has 0 aromatic heterocycles. The lowest BCUT2D eigenvalue weighted by Gasteiger charge is -2.29. The fourth-order valence-electron chi connectivity index (χ4n) is 4.42. The number of halogens is 1. The van der Waals surface area contributed by atoms with Crippen LogP contribution in [0.3, 0.4) is 0 Å². The Morgan fingerprint density at radius 3 is 2.53 bits per heavy atom. The first-order chi connectivity index (χ1) is 8.72. The molecule has 0 aromatic carbocycles. The molecule has 3 saturated carbocycles. The molecule has 3 aliphatic rings. The summed E-state index contributed by atoms with van der Waals surface area (Å²) in [5.41, 5.74) is 6.12. The summed E-state index contributed by atoms with van der Waals surface area (Å²) in [5.74, 6) is 2.36. The number of nitrogens with one attached hydrogen (secondary N) is 1. The molecule has 4 heteroatoms. The van der Waals surface area contributed by atoms with E-state index in [1.165, 1.54) is 38.5 Å². The van der Waals surface area contributed by atoms with E-state index in [1.807, 2.05) is 0 Å². The van der Waals surface area contributed by atoms with Gasteiger partial charge in [0.2, 0.25) is 5.91 Å². The number of hydrogen-bond donors (Lipinski definition) is 2. The standard InChI is InChI=1S/C15H26N2O.ClH/c16-13-4-2-1-3-11(13)9-15(18)17-14-8-10-5-6-12(14)7-10;/h10-14H,1-9,16H2,(H,17,18);1H. The maximum atomic E-state index is 12.1. The molecular formula is C15H27ClN2O. The van der Waals surface area contributed by atoms with Gasteiger partial charge in [-0.1, -0.05) is 19.3 Å². The van der Waals surface area contributed by atoms with E-state index in [0.29, 0.717) is 18.4 Å². The molecule has 0 saturated heterocycles. The SMILES string of the molecule is Cl.NC1CCCCC1CC(=O)NC1CC2CCC1C2. The van der Waals surface area contributed by atoms with Gasteiger partial charge in [-0.05, 0) is 49.9 Å². The summed E-state index contributed by atoms with van der Waals surface area (Å²) in [6.07, 6.45) is 10.7. The summed E-state index contributed by atoms with van der Waals surface area (Å²) in [7, 11) is 0. The zero-order chi connectivity index (χ0) is 12.5. The molecule has 3 nitrogen and oxygen atoms in total. The van der Waals surface area contributed by atoms with E-state index >= 15 is 0 Å². The lowest BCUT2D eigenvalue weighted by Crippen LogP contribution is -2.42. The zero-order valence-electron chi connectivity index (χ0n) is 11.6. The maximum Gasteiger partial charge on any atom is 0.220 e. The van der Waals surface area contributed by atoms with Gasteiger partial charge in [-0.3, -0.25) is 4.79 Å². The Morgan fingerprint density at radius 2 is 1.89 bits per heavy atom. The molecule has 110 valence electrons. The Morgan fingerprint density at radius 1 is 1.11 bits per heavy atom. The first-order valence-corrected chi connectivity index (χ1v) is 7.77. The van der Waals surface area contributed by atoms with E-state index in [4.69, 9.17) is 5.73 Å². The van der Waals surface area contributed by atoms with E-state index < -0.39 is 0 Å². The molecule has 0 radical (unpaired) electrons. The average Bonchev–Trinajstić information content (AvgIpc) is 2.94. The number of amides is 1. The van der Waals surface area contributed by atoms with Gasteiger partial charge in [0, 0.05) is 18.5 Å². The van der Waals surface area contributed by atoms with Crippen LogP contribution in [0.5, 0.6) is 0 Å². The predicted octanol–water partition coefficient (Wildman–Crippen LogP) is 2.62. The fourth-order valence-corrected chi connectivity index (χ4v) is 4.42. The first kappa shape index (κ1) is 15.1. The molecular weight excluding hydrogens is 260 g/mol. The van der Waals surface area contributed by atoms with Crippen LogP contribution in [0.25, 0.3) is 0 Å². The van der Waals surface area contributed by atoms with Gasteiger partial charge in [0.1, 0.15) is 0 Å². The molecule has 2 bridgehead atoms. The van der Waals surface area contributed by atoms with Crippen molar-refractivity contribution in [1.29, 1.82) is 0 Å². The zero-order valence-corrected chi connectivity index (χ0v) is 12.5. The Hall–Kier alpha value is -0.280. The first-order valence-electron chi connectivity index (χ1n) is 7.77. The lowest BCUT2D eigenvalue weighted by atomic mass is 9.82. The van der Waals surface area contributed by atoms with Crippen molar-refractivity contribution < 1.29 is 4.79 Å². The Balaban J connectivity index is 0.00000133. The van der Waals surface area contributed by atoms with Crippen LogP contribution in [0.15, 0.2) is 0 Å². The molecule has 3 rings (SSSR count). The highest BCUT2D eigenvalue weighted by Gasteiger charge is 2.40. The second kappa shape index (κ2) is 6.45. The second-order valence-electron chi connectivity index (χ2n) is 6.76. The van der Waals surface area contributed by atoms with E-state index in [0.717, 1.165) is 24.7 Å². The molecule has 3 fully saturated rings. The largest absolute Gasteiger partial charge is 0.353 e. The highest BCUT2D eigenvalue weighted by atomic mass is 35.5. The van der Waals surface area contributed by atoms with Crippen molar-refractivity contribution in [2.45, 2.75) is 69.9 Å². The van der Waals surface area contributed by atoms with Crippen LogP contribution >= 0.6 is 12.4 Å². The third-order valence-corrected chi connectivity index (χ3v) is 5.50. The van der Waals surface area contributed by atoms with Crippen molar-refractivity contribution in [2.75, 3.05) is 0 Å². The van der Waals surface area contributed by atoms with Gasteiger partial charge in [0.05, 0.1) is 0 Å². The molecule has 0 aliphatic heterocycles. The molecule has 0 spiro atoms. The van der Waals surface area contributed by atoms with Gasteiger partial charge in [-0.2, -0.15) is 0 Å². The fraction of sp³-hybridized carbons (Fsp3) is 0.933. The summed E-state index contributed by atoms with van der Waals surface area (Å²) < 4.78 is 0. The Bertz CT molecular complexity index is 317. The average molecular weight is 287 g/mol. The number of carbonyl (C=O) groups is 1. The van der Waals surface area contributed by atoms with Crippen LogP contribution in [0.4, 0.5) is 0 Å². The number of fused-ring (bicyclic) bond motifs is 2. The summed E-state index contributed by atoms with van der Waals surface area (Å²) in [5, 5.41) is 3.28. The third kappa shape index (κ3) is 3.43. The lowest BCUT2D eigenvalue weighted by molar-refractivity contribution is -0.123. The van der Waals surface area contributed by atoms with Gasteiger partial charge in [-0.15, -0.1) is 12.4 Å². The van der Waals surface area contributed by atoms with Crippen LogP contribution < -0.4 is 11.1 Å². The van der Waals surface area contributed by atoms with Gasteiger partial charge in [0.15, 0.2) is 0 Å². The molecule has 0 aromatic rings. The topological polar surface area (TPSA) is 55.1 Å². The maximum absolute atomic E-state index is 12.1. The van der Waals surface area contributed by atoms with Crippen molar-refractivity contribution >= 4 is 18.3 Å². The van der Waals surface area contributed by atoms with Crippen LogP contribution in [0.2, 0.25) is 0 Å².